The molecule has 3 aromatic rings. The van der Waals surface area contributed by atoms with Gasteiger partial charge < -0.3 is 4.90 Å². The fourth-order valence-corrected chi connectivity index (χ4v) is 5.30. The van der Waals surface area contributed by atoms with Crippen LogP contribution in [0.2, 0.25) is 5.02 Å². The first kappa shape index (κ1) is 22.5. The van der Waals surface area contributed by atoms with Gasteiger partial charge in [-0.15, -0.1) is 5.10 Å². The van der Waals surface area contributed by atoms with Crippen LogP contribution in [0.1, 0.15) is 17.5 Å². The highest BCUT2D eigenvalue weighted by Gasteiger charge is 2.18. The molecule has 0 aliphatic heterocycles. The van der Waals surface area contributed by atoms with E-state index in [9.17, 15) is 4.79 Å². The first-order chi connectivity index (χ1) is 14.4. The van der Waals surface area contributed by atoms with Crippen molar-refractivity contribution in [3.05, 3.63) is 62.6 Å². The van der Waals surface area contributed by atoms with Crippen LogP contribution in [0.3, 0.4) is 0 Å². The summed E-state index contributed by atoms with van der Waals surface area (Å²) < 4.78 is 2.98. The molecule has 1 amide bonds. The van der Waals surface area contributed by atoms with E-state index < -0.39 is 0 Å². The third-order valence-corrected chi connectivity index (χ3v) is 6.79. The maximum atomic E-state index is 13.0. The number of nitrogens with zero attached hydrogens (tertiary/aromatic N) is 4. The Hall–Kier alpha value is -2.18. The minimum atomic E-state index is -0.0700. The lowest BCUT2D eigenvalue weighted by Gasteiger charge is -2.22. The van der Waals surface area contributed by atoms with Crippen LogP contribution in [0, 0.1) is 29.1 Å². The van der Waals surface area contributed by atoms with Gasteiger partial charge in [-0.2, -0.15) is 5.26 Å². The number of anilines is 1. The second-order valence-corrected chi connectivity index (χ2v) is 9.89. The SMILES string of the molecule is Cc1cc(C)cc(N(CCC#N)C(=O)CSc2nn(-c3ccc(Cl)cc3)c(=S)s2)c1. The summed E-state index contributed by atoms with van der Waals surface area (Å²) in [4.78, 5) is 14.6. The fraction of sp³-hybridized carbons (Fsp3) is 0.238. The first-order valence-electron chi connectivity index (χ1n) is 9.12. The number of nitriles is 1. The number of thioether (sulfide) groups is 1. The molecule has 1 heterocycles. The van der Waals surface area contributed by atoms with E-state index in [1.165, 1.54) is 23.1 Å². The van der Waals surface area contributed by atoms with Crippen molar-refractivity contribution in [2.45, 2.75) is 24.6 Å². The number of aryl methyl sites for hydroxylation is 2. The Balaban J connectivity index is 1.75. The summed E-state index contributed by atoms with van der Waals surface area (Å²) in [7, 11) is 0. The van der Waals surface area contributed by atoms with E-state index in [4.69, 9.17) is 29.1 Å². The van der Waals surface area contributed by atoms with E-state index in [0.29, 0.717) is 19.9 Å². The summed E-state index contributed by atoms with van der Waals surface area (Å²) in [5.74, 6) is 0.140. The highest BCUT2D eigenvalue weighted by molar-refractivity contribution is 8.01. The van der Waals surface area contributed by atoms with Gasteiger partial charge in [0.15, 0.2) is 8.29 Å². The van der Waals surface area contributed by atoms with Gasteiger partial charge in [-0.05, 0) is 73.6 Å². The molecule has 0 atom stereocenters. The van der Waals surface area contributed by atoms with Crippen LogP contribution in [-0.2, 0) is 4.79 Å². The number of halogens is 1. The molecule has 0 saturated heterocycles. The number of amides is 1. The van der Waals surface area contributed by atoms with Crippen LogP contribution >= 0.6 is 46.9 Å². The zero-order valence-corrected chi connectivity index (χ0v) is 19.7. The van der Waals surface area contributed by atoms with Gasteiger partial charge in [-0.25, -0.2) is 4.68 Å². The second kappa shape index (κ2) is 10.2. The summed E-state index contributed by atoms with van der Waals surface area (Å²) in [6.45, 7) is 4.34. The molecule has 5 nitrogen and oxygen atoms in total. The molecule has 0 N–H and O–H groups in total. The number of benzene rings is 2. The zero-order chi connectivity index (χ0) is 21.7. The fourth-order valence-electron chi connectivity index (χ4n) is 2.93. The van der Waals surface area contributed by atoms with Crippen LogP contribution < -0.4 is 4.90 Å². The molecule has 2 aromatic carbocycles. The summed E-state index contributed by atoms with van der Waals surface area (Å²) in [6, 6.07) is 15.4. The molecule has 0 aliphatic carbocycles. The van der Waals surface area contributed by atoms with Crippen molar-refractivity contribution >= 4 is 58.5 Å². The lowest BCUT2D eigenvalue weighted by molar-refractivity contribution is -0.116. The Kier molecular flexibility index (Phi) is 7.67. The predicted molar refractivity (Wildman–Crippen MR) is 127 cm³/mol. The van der Waals surface area contributed by atoms with Gasteiger partial charge in [0.1, 0.15) is 0 Å². The minimum Gasteiger partial charge on any atom is -0.311 e. The number of hydrogen-bond acceptors (Lipinski definition) is 6. The third kappa shape index (κ3) is 5.70. The van der Waals surface area contributed by atoms with E-state index in [1.807, 2.05) is 38.1 Å². The van der Waals surface area contributed by atoms with Gasteiger partial charge in [0.2, 0.25) is 5.91 Å². The molecule has 30 heavy (non-hydrogen) atoms. The largest absolute Gasteiger partial charge is 0.311 e. The third-order valence-electron chi connectivity index (χ3n) is 4.19. The lowest BCUT2D eigenvalue weighted by Crippen LogP contribution is -2.33. The molecule has 0 saturated carbocycles. The Bertz CT molecular complexity index is 1130. The van der Waals surface area contributed by atoms with Crippen LogP contribution in [-0.4, -0.2) is 28.0 Å². The van der Waals surface area contributed by atoms with E-state index in [0.717, 1.165) is 22.5 Å². The average molecular weight is 475 g/mol. The first-order valence-corrected chi connectivity index (χ1v) is 11.7. The number of rotatable bonds is 7. The molecular weight excluding hydrogens is 456 g/mol. The van der Waals surface area contributed by atoms with Crippen LogP contribution in [0.4, 0.5) is 5.69 Å². The molecule has 0 bridgehead atoms. The molecular formula is C21H19ClN4OS3. The van der Waals surface area contributed by atoms with Gasteiger partial charge in [0, 0.05) is 17.3 Å². The summed E-state index contributed by atoms with van der Waals surface area (Å²) in [5.41, 5.74) is 3.79. The summed E-state index contributed by atoms with van der Waals surface area (Å²) in [6.07, 6.45) is 0.271. The molecule has 1 aromatic heterocycles. The van der Waals surface area contributed by atoms with Crippen molar-refractivity contribution in [1.82, 2.24) is 9.78 Å². The van der Waals surface area contributed by atoms with Crippen LogP contribution in [0.15, 0.2) is 46.8 Å². The monoisotopic (exact) mass is 474 g/mol. The predicted octanol–water partition coefficient (Wildman–Crippen LogP) is 5.97. The highest BCUT2D eigenvalue weighted by atomic mass is 35.5. The second-order valence-electron chi connectivity index (χ2n) is 6.61. The smallest absolute Gasteiger partial charge is 0.237 e. The van der Waals surface area contributed by atoms with E-state index >= 15 is 0 Å². The van der Waals surface area contributed by atoms with Crippen molar-refractivity contribution in [2.75, 3.05) is 17.2 Å². The molecule has 0 spiro atoms. The van der Waals surface area contributed by atoms with E-state index in [1.54, 1.807) is 21.7 Å². The Morgan fingerprint density at radius 1 is 1.27 bits per heavy atom. The summed E-state index contributed by atoms with van der Waals surface area (Å²) in [5, 5.41) is 14.2. The standard InChI is InChI=1S/C21H19ClN4OS3/c1-14-10-15(2)12-18(11-14)25(9-3-8-23)19(27)13-29-20-24-26(21(28)30-20)17-6-4-16(22)5-7-17/h4-7,10-12H,3,9,13H2,1-2H3. The van der Waals surface area contributed by atoms with Gasteiger partial charge in [-0.1, -0.05) is 40.8 Å². The van der Waals surface area contributed by atoms with Crippen molar-refractivity contribution in [1.29, 1.82) is 5.26 Å². The molecule has 3 rings (SSSR count). The Morgan fingerprint density at radius 3 is 2.57 bits per heavy atom. The van der Waals surface area contributed by atoms with Gasteiger partial charge in [-0.3, -0.25) is 4.79 Å². The minimum absolute atomic E-state index is 0.0700. The molecule has 9 heteroatoms. The maximum Gasteiger partial charge on any atom is 0.237 e. The highest BCUT2D eigenvalue weighted by Crippen LogP contribution is 2.26. The average Bonchev–Trinajstić information content (AvgIpc) is 3.07. The molecule has 0 aliphatic rings. The number of carbonyl (C=O) groups is 1. The quantitative estimate of drug-likeness (QED) is 0.311. The zero-order valence-electron chi connectivity index (χ0n) is 16.5. The van der Waals surface area contributed by atoms with Gasteiger partial charge in [0.05, 0.1) is 23.9 Å². The topological polar surface area (TPSA) is 61.9 Å². The van der Waals surface area contributed by atoms with Crippen molar-refractivity contribution in [2.24, 2.45) is 0 Å². The summed E-state index contributed by atoms with van der Waals surface area (Å²) >= 11 is 14.1. The van der Waals surface area contributed by atoms with Crippen LogP contribution in [0.25, 0.3) is 5.69 Å². The van der Waals surface area contributed by atoms with Crippen LogP contribution in [0.5, 0.6) is 0 Å². The lowest BCUT2D eigenvalue weighted by atomic mass is 10.1. The number of aromatic nitrogens is 2. The van der Waals surface area contributed by atoms with Crippen molar-refractivity contribution in [3.63, 3.8) is 0 Å². The van der Waals surface area contributed by atoms with E-state index in [-0.39, 0.29) is 18.1 Å². The Morgan fingerprint density at radius 2 is 1.93 bits per heavy atom. The van der Waals surface area contributed by atoms with Crippen molar-refractivity contribution in [3.8, 4) is 11.8 Å². The molecule has 154 valence electrons. The van der Waals surface area contributed by atoms with Gasteiger partial charge in [0.25, 0.3) is 0 Å². The van der Waals surface area contributed by atoms with E-state index in [2.05, 4.69) is 17.2 Å². The molecule has 0 unspecified atom stereocenters. The number of hydrogen-bond donors (Lipinski definition) is 0. The molecule has 0 fully saturated rings. The normalized spacial score (nSPS) is 10.6. The van der Waals surface area contributed by atoms with Gasteiger partial charge >= 0.3 is 0 Å². The maximum absolute atomic E-state index is 13.0. The Labute approximate surface area is 193 Å². The molecule has 0 radical (unpaired) electrons. The number of carbonyl (C=O) groups excluding carboxylic acids is 1. The van der Waals surface area contributed by atoms with Crippen molar-refractivity contribution < 1.29 is 4.79 Å².